The predicted molar refractivity (Wildman–Crippen MR) is 137 cm³/mol. The van der Waals surface area contributed by atoms with E-state index in [4.69, 9.17) is 0 Å². The lowest BCUT2D eigenvalue weighted by molar-refractivity contribution is -0.127. The van der Waals surface area contributed by atoms with E-state index in [1.165, 1.54) is 16.7 Å². The van der Waals surface area contributed by atoms with Crippen LogP contribution in [-0.2, 0) is 19.2 Å². The molecule has 0 radical (unpaired) electrons. The topological polar surface area (TPSA) is 129 Å². The van der Waals surface area contributed by atoms with Crippen LogP contribution in [0.2, 0.25) is 0 Å². The molecule has 10 nitrogen and oxygen atoms in total. The van der Waals surface area contributed by atoms with Crippen LogP contribution in [0.15, 0.2) is 27.1 Å². The van der Waals surface area contributed by atoms with E-state index < -0.39 is 41.0 Å². The summed E-state index contributed by atoms with van der Waals surface area (Å²) in [5.74, 6) is -1.62. The van der Waals surface area contributed by atoms with Gasteiger partial charge in [-0.05, 0) is 70.1 Å². The number of carbonyl (C=O) groups is 3. The molecular weight excluding hydrogens is 474 g/mol. The number of carbonyl (C=O) groups excluding carboxylic acids is 5. The molecule has 200 valence electrons. The maximum absolute atomic E-state index is 14.2. The Morgan fingerprint density at radius 3 is 1.68 bits per heavy atom. The van der Waals surface area contributed by atoms with Gasteiger partial charge in [-0.1, -0.05) is 34.3 Å². The minimum atomic E-state index is -0.983. The van der Waals surface area contributed by atoms with Gasteiger partial charge in [-0.3, -0.25) is 19.4 Å². The van der Waals surface area contributed by atoms with E-state index in [0.29, 0.717) is 38.5 Å². The van der Waals surface area contributed by atoms with E-state index in [-0.39, 0.29) is 22.2 Å². The van der Waals surface area contributed by atoms with Gasteiger partial charge in [0.1, 0.15) is 0 Å². The highest BCUT2D eigenvalue weighted by Gasteiger charge is 2.60. The summed E-state index contributed by atoms with van der Waals surface area (Å²) < 4.78 is 0. The highest BCUT2D eigenvalue weighted by atomic mass is 16.2. The van der Waals surface area contributed by atoms with Gasteiger partial charge < -0.3 is 0 Å². The molecule has 0 bridgehead atoms. The van der Waals surface area contributed by atoms with Crippen molar-refractivity contribution in [1.29, 1.82) is 0 Å². The molecule has 0 aromatic heterocycles. The van der Waals surface area contributed by atoms with Gasteiger partial charge in [0.2, 0.25) is 18.0 Å². The van der Waals surface area contributed by atoms with Gasteiger partial charge in [-0.25, -0.2) is 24.4 Å². The lowest BCUT2D eigenvalue weighted by atomic mass is 9.66. The summed E-state index contributed by atoms with van der Waals surface area (Å²) in [5.41, 5.74) is -2.45. The van der Waals surface area contributed by atoms with Gasteiger partial charge in [0.25, 0.3) is 11.8 Å². The number of hydrogen-bond acceptors (Lipinski definition) is 7. The van der Waals surface area contributed by atoms with E-state index in [9.17, 15) is 24.0 Å². The van der Waals surface area contributed by atoms with Crippen LogP contribution < -0.4 is 0 Å². The van der Waals surface area contributed by atoms with Crippen molar-refractivity contribution < 1.29 is 24.0 Å². The SMILES string of the molecule is C=C(C)C(=O)N=C1C(=O)N([C@]2(C)C[C@H](N=C=O)CC(C)(C)C2)C(=O)N1[C@]1(C)C[C@H](N=C=O)CC(C)(C)C1. The maximum atomic E-state index is 14.2. The van der Waals surface area contributed by atoms with Crippen LogP contribution in [0.3, 0.4) is 0 Å². The standard InChI is InChI=1S/C27H37N5O5/c1-17(2)21(35)30-20-22(36)32(27(8)12-19(29-16-34)10-25(5,6)14-27)23(37)31(20)26(7)11-18(28-15-33)9-24(3,4)13-26/h18-19H,1,9-14H2,2-8H3/t18-,19-,26-,27-/m1/s1. The Kier molecular flexibility index (Phi) is 7.34. The molecule has 37 heavy (non-hydrogen) atoms. The third kappa shape index (κ3) is 5.55. The zero-order chi connectivity index (χ0) is 28.0. The first kappa shape index (κ1) is 28.4. The first-order valence-electron chi connectivity index (χ1n) is 12.6. The Balaban J connectivity index is 2.17. The van der Waals surface area contributed by atoms with E-state index >= 15 is 0 Å². The second kappa shape index (κ2) is 9.58. The predicted octanol–water partition coefficient (Wildman–Crippen LogP) is 4.10. The smallest absolute Gasteiger partial charge is 0.267 e. The number of amides is 4. The highest BCUT2D eigenvalue weighted by molar-refractivity contribution is 6.48. The molecule has 4 atom stereocenters. The molecular formula is C27H37N5O5. The average molecular weight is 512 g/mol. The molecule has 1 heterocycles. The van der Waals surface area contributed by atoms with Gasteiger partial charge in [0.15, 0.2) is 0 Å². The number of hydrogen-bond donors (Lipinski definition) is 0. The van der Waals surface area contributed by atoms with Crippen molar-refractivity contribution in [1.82, 2.24) is 9.80 Å². The first-order chi connectivity index (χ1) is 17.0. The zero-order valence-electron chi connectivity index (χ0n) is 22.9. The van der Waals surface area contributed by atoms with Gasteiger partial charge >= 0.3 is 6.03 Å². The van der Waals surface area contributed by atoms with E-state index in [2.05, 4.69) is 21.6 Å². The average Bonchev–Trinajstić information content (AvgIpc) is 2.96. The molecule has 1 saturated heterocycles. The number of aliphatic imine (C=N–C) groups is 3. The number of imide groups is 1. The molecule has 0 N–H and O–H groups in total. The van der Waals surface area contributed by atoms with Crippen molar-refractivity contribution in [2.45, 2.75) is 110 Å². The first-order valence-corrected chi connectivity index (χ1v) is 12.6. The second-order valence-corrected chi connectivity index (χ2v) is 13.0. The van der Waals surface area contributed by atoms with Crippen molar-refractivity contribution >= 4 is 35.8 Å². The lowest BCUT2D eigenvalue weighted by Gasteiger charge is -2.50. The van der Waals surface area contributed by atoms with Gasteiger partial charge in [0.05, 0.1) is 23.2 Å². The van der Waals surface area contributed by atoms with Gasteiger partial charge in [0, 0.05) is 5.57 Å². The van der Waals surface area contributed by atoms with Crippen LogP contribution in [-0.4, -0.2) is 68.8 Å². The fraction of sp³-hybridized carbons (Fsp3) is 0.704. The Bertz CT molecular complexity index is 1160. The Morgan fingerprint density at radius 1 is 0.838 bits per heavy atom. The number of rotatable bonds is 5. The number of urea groups is 1. The molecule has 0 spiro atoms. The Hall–Kier alpha value is -3.22. The molecule has 0 unspecified atom stereocenters. The van der Waals surface area contributed by atoms with Crippen LogP contribution in [0.25, 0.3) is 0 Å². The van der Waals surface area contributed by atoms with Crippen molar-refractivity contribution in [3.63, 3.8) is 0 Å². The molecule has 4 amide bonds. The quantitative estimate of drug-likeness (QED) is 0.237. The molecule has 0 aromatic rings. The van der Waals surface area contributed by atoms with Crippen molar-refractivity contribution in [2.24, 2.45) is 25.8 Å². The summed E-state index contributed by atoms with van der Waals surface area (Å²) in [4.78, 5) is 77.6. The van der Waals surface area contributed by atoms with E-state index in [1.54, 1.807) is 12.2 Å². The number of amidine groups is 1. The van der Waals surface area contributed by atoms with E-state index in [1.807, 2.05) is 41.5 Å². The molecule has 2 saturated carbocycles. The normalized spacial score (nSPS) is 34.1. The lowest BCUT2D eigenvalue weighted by Crippen LogP contribution is -2.59. The molecule has 3 fully saturated rings. The summed E-state index contributed by atoms with van der Waals surface area (Å²) in [6, 6.07) is -1.40. The Morgan fingerprint density at radius 2 is 1.27 bits per heavy atom. The second-order valence-electron chi connectivity index (χ2n) is 13.0. The van der Waals surface area contributed by atoms with Crippen LogP contribution in [0.5, 0.6) is 0 Å². The van der Waals surface area contributed by atoms with Crippen LogP contribution in [0.4, 0.5) is 4.79 Å². The minimum Gasteiger partial charge on any atom is -0.267 e. The molecule has 0 aromatic carbocycles. The fourth-order valence-electron chi connectivity index (χ4n) is 7.18. The summed E-state index contributed by atoms with van der Waals surface area (Å²) in [6.45, 7) is 16.8. The van der Waals surface area contributed by atoms with Crippen LogP contribution in [0, 0.1) is 10.8 Å². The largest absolute Gasteiger partial charge is 0.333 e. The third-order valence-electron chi connectivity index (χ3n) is 7.76. The number of isocyanates is 2. The maximum Gasteiger partial charge on any atom is 0.333 e. The van der Waals surface area contributed by atoms with Crippen molar-refractivity contribution in [3.05, 3.63) is 12.2 Å². The molecule has 3 rings (SSSR count). The summed E-state index contributed by atoms with van der Waals surface area (Å²) >= 11 is 0. The van der Waals surface area contributed by atoms with Crippen LogP contribution >= 0.6 is 0 Å². The van der Waals surface area contributed by atoms with E-state index in [0.717, 1.165) is 0 Å². The van der Waals surface area contributed by atoms with Crippen LogP contribution in [0.1, 0.15) is 87.0 Å². The van der Waals surface area contributed by atoms with Gasteiger partial charge in [-0.2, -0.15) is 4.99 Å². The summed E-state index contributed by atoms with van der Waals surface area (Å²) in [5, 5.41) is 0. The fourth-order valence-corrected chi connectivity index (χ4v) is 7.18. The zero-order valence-corrected chi connectivity index (χ0v) is 22.9. The summed E-state index contributed by atoms with van der Waals surface area (Å²) in [7, 11) is 0. The molecule has 3 aliphatic rings. The molecule has 2 aliphatic carbocycles. The minimum absolute atomic E-state index is 0.133. The van der Waals surface area contributed by atoms with Crippen molar-refractivity contribution in [3.8, 4) is 0 Å². The van der Waals surface area contributed by atoms with Crippen molar-refractivity contribution in [2.75, 3.05) is 0 Å². The Labute approximate surface area is 218 Å². The molecule has 1 aliphatic heterocycles. The summed E-state index contributed by atoms with van der Waals surface area (Å²) in [6.07, 6.45) is 6.06. The third-order valence-corrected chi connectivity index (χ3v) is 7.76. The highest BCUT2D eigenvalue weighted by Crippen LogP contribution is 2.50. The number of nitrogens with zero attached hydrogens (tertiary/aromatic N) is 5. The van der Waals surface area contributed by atoms with Gasteiger partial charge in [-0.15, -0.1) is 0 Å². The monoisotopic (exact) mass is 511 g/mol. The molecule has 10 heteroatoms.